The molecule has 2 aromatic carbocycles. The smallest absolute Gasteiger partial charge is 0.308 e. The summed E-state index contributed by atoms with van der Waals surface area (Å²) in [5.74, 6) is -1.38. The average molecular weight is 351 g/mol. The standard InChI is InChI=1S/C22H25NO3/c1-15-8-6-7-11-18(15)16(2)12-21(24)23-13-19(20(14-23)22(25)26)17-9-4-3-5-10-17/h3-11,16,19-20H,12-14H2,1-2H3,(H,25,26)/t16?,19-,20-/m0/s1. The van der Waals surface area contributed by atoms with E-state index in [0.29, 0.717) is 13.0 Å². The Labute approximate surface area is 154 Å². The van der Waals surface area contributed by atoms with E-state index in [2.05, 4.69) is 26.0 Å². The molecule has 1 saturated heterocycles. The van der Waals surface area contributed by atoms with Crippen molar-refractivity contribution >= 4 is 11.9 Å². The van der Waals surface area contributed by atoms with Gasteiger partial charge in [-0.3, -0.25) is 9.59 Å². The SMILES string of the molecule is Cc1ccccc1C(C)CC(=O)N1C[C@H](C(=O)O)[C@H](c2ccccc2)C1. The summed E-state index contributed by atoms with van der Waals surface area (Å²) < 4.78 is 0. The Balaban J connectivity index is 1.72. The van der Waals surface area contributed by atoms with Gasteiger partial charge in [0.1, 0.15) is 0 Å². The Morgan fingerprint density at radius 3 is 2.38 bits per heavy atom. The number of carboxylic acids is 1. The number of amides is 1. The minimum Gasteiger partial charge on any atom is -0.481 e. The Hall–Kier alpha value is -2.62. The minimum atomic E-state index is -0.832. The molecule has 2 aromatic rings. The molecule has 4 nitrogen and oxygen atoms in total. The van der Waals surface area contributed by atoms with Crippen LogP contribution in [0.1, 0.15) is 41.9 Å². The summed E-state index contributed by atoms with van der Waals surface area (Å²) >= 11 is 0. The number of likely N-dealkylation sites (tertiary alicyclic amines) is 1. The summed E-state index contributed by atoms with van der Waals surface area (Å²) in [5, 5.41) is 9.60. The molecule has 0 bridgehead atoms. The van der Waals surface area contributed by atoms with E-state index in [-0.39, 0.29) is 24.3 Å². The van der Waals surface area contributed by atoms with Crippen molar-refractivity contribution in [2.45, 2.75) is 32.1 Å². The zero-order valence-electron chi connectivity index (χ0n) is 15.3. The second-order valence-corrected chi connectivity index (χ2v) is 7.22. The van der Waals surface area contributed by atoms with Crippen molar-refractivity contribution in [3.8, 4) is 0 Å². The molecular formula is C22H25NO3. The quantitative estimate of drug-likeness (QED) is 0.891. The molecule has 1 N–H and O–H groups in total. The van der Waals surface area contributed by atoms with Gasteiger partial charge < -0.3 is 10.0 Å². The highest BCUT2D eigenvalue weighted by Crippen LogP contribution is 2.34. The lowest BCUT2D eigenvalue weighted by atomic mass is 9.89. The van der Waals surface area contributed by atoms with Crippen molar-refractivity contribution in [1.82, 2.24) is 4.90 Å². The first-order valence-electron chi connectivity index (χ1n) is 9.08. The summed E-state index contributed by atoms with van der Waals surface area (Å²) in [6.07, 6.45) is 0.401. The third-order valence-electron chi connectivity index (χ3n) is 5.42. The molecule has 1 amide bonds. The molecule has 0 spiro atoms. The van der Waals surface area contributed by atoms with E-state index >= 15 is 0 Å². The van der Waals surface area contributed by atoms with Crippen LogP contribution in [0.5, 0.6) is 0 Å². The van der Waals surface area contributed by atoms with Crippen molar-refractivity contribution in [2.75, 3.05) is 13.1 Å². The zero-order valence-corrected chi connectivity index (χ0v) is 15.3. The number of hydrogen-bond donors (Lipinski definition) is 1. The molecule has 3 atom stereocenters. The van der Waals surface area contributed by atoms with Gasteiger partial charge in [0.05, 0.1) is 5.92 Å². The molecule has 4 heteroatoms. The summed E-state index contributed by atoms with van der Waals surface area (Å²) in [6.45, 7) is 4.87. The van der Waals surface area contributed by atoms with E-state index in [9.17, 15) is 14.7 Å². The lowest BCUT2D eigenvalue weighted by molar-refractivity contribution is -0.141. The number of hydrogen-bond acceptors (Lipinski definition) is 2. The molecule has 26 heavy (non-hydrogen) atoms. The highest BCUT2D eigenvalue weighted by Gasteiger charge is 2.40. The molecule has 1 aliphatic heterocycles. The first kappa shape index (κ1) is 18.2. The number of carbonyl (C=O) groups excluding carboxylic acids is 1. The molecule has 1 aliphatic rings. The molecule has 136 valence electrons. The average Bonchev–Trinajstić information content (AvgIpc) is 3.08. The molecule has 1 fully saturated rings. The van der Waals surface area contributed by atoms with Crippen LogP contribution in [0.25, 0.3) is 0 Å². The third kappa shape index (κ3) is 3.79. The maximum Gasteiger partial charge on any atom is 0.308 e. The van der Waals surface area contributed by atoms with Gasteiger partial charge in [-0.1, -0.05) is 61.5 Å². The van der Waals surface area contributed by atoms with Gasteiger partial charge in [-0.15, -0.1) is 0 Å². The number of aliphatic carboxylic acids is 1. The first-order chi connectivity index (χ1) is 12.5. The first-order valence-corrected chi connectivity index (χ1v) is 9.08. The van der Waals surface area contributed by atoms with E-state index < -0.39 is 11.9 Å². The molecule has 1 unspecified atom stereocenters. The molecule has 0 saturated carbocycles. The van der Waals surface area contributed by atoms with Gasteiger partial charge in [0.15, 0.2) is 0 Å². The monoisotopic (exact) mass is 351 g/mol. The van der Waals surface area contributed by atoms with Crippen molar-refractivity contribution in [1.29, 1.82) is 0 Å². The molecule has 0 aromatic heterocycles. The fourth-order valence-corrected chi connectivity index (χ4v) is 3.94. The fraction of sp³-hybridized carbons (Fsp3) is 0.364. The number of benzene rings is 2. The van der Waals surface area contributed by atoms with Gasteiger partial charge in [0, 0.05) is 25.4 Å². The highest BCUT2D eigenvalue weighted by molar-refractivity contribution is 5.80. The molecule has 3 rings (SSSR count). The number of carbonyl (C=O) groups is 2. The molecule has 0 aliphatic carbocycles. The fourth-order valence-electron chi connectivity index (χ4n) is 3.94. The second-order valence-electron chi connectivity index (χ2n) is 7.22. The van der Waals surface area contributed by atoms with Crippen LogP contribution in [0.4, 0.5) is 0 Å². The normalized spacial score (nSPS) is 20.8. The molecular weight excluding hydrogens is 326 g/mol. The lowest BCUT2D eigenvalue weighted by Crippen LogP contribution is -2.30. The third-order valence-corrected chi connectivity index (χ3v) is 5.42. The van der Waals surface area contributed by atoms with Crippen LogP contribution in [-0.2, 0) is 9.59 Å². The Bertz CT molecular complexity index is 787. The maximum atomic E-state index is 12.8. The summed E-state index contributed by atoms with van der Waals surface area (Å²) in [6, 6.07) is 17.7. The second kappa shape index (κ2) is 7.73. The van der Waals surface area contributed by atoms with Gasteiger partial charge >= 0.3 is 5.97 Å². The van der Waals surface area contributed by atoms with E-state index in [1.54, 1.807) is 4.90 Å². The predicted molar refractivity (Wildman–Crippen MR) is 101 cm³/mol. The van der Waals surface area contributed by atoms with Gasteiger partial charge in [-0.2, -0.15) is 0 Å². The molecule has 1 heterocycles. The highest BCUT2D eigenvalue weighted by atomic mass is 16.4. The minimum absolute atomic E-state index is 0.0328. The van der Waals surface area contributed by atoms with Crippen LogP contribution < -0.4 is 0 Å². The van der Waals surface area contributed by atoms with E-state index in [4.69, 9.17) is 0 Å². The van der Waals surface area contributed by atoms with Crippen LogP contribution >= 0.6 is 0 Å². The topological polar surface area (TPSA) is 57.6 Å². The summed E-state index contributed by atoms with van der Waals surface area (Å²) in [5.41, 5.74) is 3.34. The Morgan fingerprint density at radius 1 is 1.08 bits per heavy atom. The number of nitrogens with zero attached hydrogens (tertiary/aromatic N) is 1. The van der Waals surface area contributed by atoms with Gasteiger partial charge in [0.2, 0.25) is 5.91 Å². The number of aryl methyl sites for hydroxylation is 1. The van der Waals surface area contributed by atoms with Gasteiger partial charge in [-0.05, 0) is 29.5 Å². The van der Waals surface area contributed by atoms with Crippen molar-refractivity contribution < 1.29 is 14.7 Å². The Kier molecular flexibility index (Phi) is 5.40. The zero-order chi connectivity index (χ0) is 18.7. The number of rotatable bonds is 5. The van der Waals surface area contributed by atoms with Crippen molar-refractivity contribution in [3.63, 3.8) is 0 Å². The van der Waals surface area contributed by atoms with Crippen molar-refractivity contribution in [3.05, 3.63) is 71.3 Å². The number of carboxylic acid groups (broad SMARTS) is 1. The van der Waals surface area contributed by atoms with Crippen LogP contribution in [0.15, 0.2) is 54.6 Å². The Morgan fingerprint density at radius 2 is 1.73 bits per heavy atom. The van der Waals surface area contributed by atoms with Crippen LogP contribution in [0.3, 0.4) is 0 Å². The molecule has 0 radical (unpaired) electrons. The van der Waals surface area contributed by atoms with E-state index in [0.717, 1.165) is 5.56 Å². The summed E-state index contributed by atoms with van der Waals surface area (Å²) in [7, 11) is 0. The van der Waals surface area contributed by atoms with Crippen molar-refractivity contribution in [2.24, 2.45) is 5.92 Å². The summed E-state index contributed by atoms with van der Waals surface area (Å²) in [4.78, 5) is 26.2. The van der Waals surface area contributed by atoms with Crippen LogP contribution in [-0.4, -0.2) is 35.0 Å². The maximum absolute atomic E-state index is 12.8. The largest absolute Gasteiger partial charge is 0.481 e. The lowest BCUT2D eigenvalue weighted by Gasteiger charge is -2.20. The van der Waals surface area contributed by atoms with Gasteiger partial charge in [0.25, 0.3) is 0 Å². The van der Waals surface area contributed by atoms with Gasteiger partial charge in [-0.25, -0.2) is 0 Å². The van der Waals surface area contributed by atoms with E-state index in [1.807, 2.05) is 42.5 Å². The predicted octanol–water partition coefficient (Wildman–Crippen LogP) is 3.82. The van der Waals surface area contributed by atoms with Crippen LogP contribution in [0, 0.1) is 12.8 Å². The van der Waals surface area contributed by atoms with E-state index in [1.165, 1.54) is 11.1 Å². The van der Waals surface area contributed by atoms with Crippen LogP contribution in [0.2, 0.25) is 0 Å².